The van der Waals surface area contributed by atoms with E-state index in [-0.39, 0.29) is 23.5 Å². The van der Waals surface area contributed by atoms with Gasteiger partial charge in [0.1, 0.15) is 35.9 Å². The van der Waals surface area contributed by atoms with Gasteiger partial charge in [-0.15, -0.1) is 0 Å². The molecule has 0 bridgehead atoms. The first-order valence-corrected chi connectivity index (χ1v) is 8.87. The molecule has 13 heteroatoms. The lowest BCUT2D eigenvalue weighted by Crippen LogP contribution is -2.36. The van der Waals surface area contributed by atoms with Gasteiger partial charge in [-0.05, 0) is 30.2 Å². The molecule has 2 heterocycles. The second kappa shape index (κ2) is 11.4. The molecule has 11 N–H and O–H groups in total. The van der Waals surface area contributed by atoms with Gasteiger partial charge in [-0.25, -0.2) is 4.79 Å². The molecule has 0 radical (unpaired) electrons. The van der Waals surface area contributed by atoms with Gasteiger partial charge >= 0.3 is 11.7 Å². The molecule has 1 aromatic heterocycles. The van der Waals surface area contributed by atoms with Crippen molar-refractivity contribution in [3.05, 3.63) is 52.6 Å². The third-order valence-corrected chi connectivity index (χ3v) is 4.35. The minimum Gasteiger partial charge on any atom is -0.508 e. The van der Waals surface area contributed by atoms with E-state index in [0.717, 1.165) is 10.1 Å². The Morgan fingerprint density at radius 3 is 2.29 bits per heavy atom. The monoisotopic (exact) mass is 442 g/mol. The van der Waals surface area contributed by atoms with E-state index < -0.39 is 48.8 Å². The number of aromatic nitrogens is 2. The minimum atomic E-state index is -1.31. The van der Waals surface area contributed by atoms with Crippen molar-refractivity contribution in [3.8, 4) is 5.75 Å². The van der Waals surface area contributed by atoms with E-state index in [4.69, 9.17) is 31.5 Å². The van der Waals surface area contributed by atoms with Crippen LogP contribution in [0.1, 0.15) is 11.8 Å². The highest BCUT2D eigenvalue weighted by atomic mass is 16.6. The fraction of sp³-hybridized carbons (Fsp3) is 0.389. The molecule has 0 saturated carbocycles. The van der Waals surface area contributed by atoms with Crippen molar-refractivity contribution >= 4 is 11.8 Å². The first-order chi connectivity index (χ1) is 14.1. The highest BCUT2D eigenvalue weighted by Gasteiger charge is 2.43. The lowest BCUT2D eigenvalue weighted by molar-refractivity contribution is -0.138. The number of aromatic hydroxyl groups is 1. The van der Waals surface area contributed by atoms with Gasteiger partial charge in [0.2, 0.25) is 0 Å². The Kier molecular flexibility index (Phi) is 9.51. The van der Waals surface area contributed by atoms with Crippen LogP contribution in [0.5, 0.6) is 5.75 Å². The number of benzene rings is 1. The van der Waals surface area contributed by atoms with Gasteiger partial charge in [-0.3, -0.25) is 9.36 Å². The number of ether oxygens (including phenoxy) is 1. The number of nitrogen functional groups attached to an aromatic ring is 1. The van der Waals surface area contributed by atoms with Crippen molar-refractivity contribution in [2.75, 3.05) is 12.3 Å². The molecule has 1 unspecified atom stereocenters. The SMILES string of the molecule is NC(Cc1ccc(O)cc1)C(=O)O.Nc1ccn([C@@H]2O[C@H](CO)[C@@H](O)[C@H]2O)c(=O)n1.O. The quantitative estimate of drug-likeness (QED) is 0.245. The van der Waals surface area contributed by atoms with Crippen molar-refractivity contribution in [1.82, 2.24) is 9.55 Å². The van der Waals surface area contributed by atoms with E-state index in [2.05, 4.69) is 4.98 Å². The zero-order valence-corrected chi connectivity index (χ0v) is 16.3. The maximum Gasteiger partial charge on any atom is 0.351 e. The average molecular weight is 442 g/mol. The van der Waals surface area contributed by atoms with Gasteiger partial charge in [0.15, 0.2) is 6.23 Å². The summed E-state index contributed by atoms with van der Waals surface area (Å²) in [5.41, 5.74) is 10.8. The molecular formula is C18H26N4O9. The van der Waals surface area contributed by atoms with Gasteiger partial charge in [0.05, 0.1) is 6.61 Å². The predicted molar refractivity (Wildman–Crippen MR) is 107 cm³/mol. The Balaban J connectivity index is 0.000000311. The van der Waals surface area contributed by atoms with E-state index in [1.807, 2.05) is 0 Å². The maximum atomic E-state index is 11.5. The summed E-state index contributed by atoms with van der Waals surface area (Å²) in [6.45, 7) is -0.453. The fourth-order valence-corrected chi connectivity index (χ4v) is 2.70. The first kappa shape index (κ1) is 26.0. The summed E-state index contributed by atoms with van der Waals surface area (Å²) in [6, 6.07) is 6.80. The number of nitrogens with zero attached hydrogens (tertiary/aromatic N) is 2. The molecule has 1 aliphatic heterocycles. The number of anilines is 1. The zero-order chi connectivity index (χ0) is 22.4. The molecule has 3 rings (SSSR count). The number of aliphatic hydroxyl groups excluding tert-OH is 3. The molecule has 1 aliphatic rings. The normalized spacial score (nSPS) is 23.2. The molecule has 0 spiro atoms. The second-order valence-corrected chi connectivity index (χ2v) is 6.59. The summed E-state index contributed by atoms with van der Waals surface area (Å²) in [4.78, 5) is 25.4. The number of aliphatic carboxylic acids is 1. The summed E-state index contributed by atoms with van der Waals surface area (Å²) in [7, 11) is 0. The standard InChI is InChI=1S/C9H13N3O5.C9H11NO3.H2O/c10-5-1-2-12(9(16)11-5)8-7(15)6(14)4(3-13)17-8;10-8(9(12)13)5-6-1-3-7(11)4-2-6;/h1-2,4,6-8,13-15H,3H2,(H2,10,11,16);1-4,8,11H,5,10H2,(H,12,13);1H2/t4-,6-,7-,8-;;/m1../s1. The molecule has 1 fully saturated rings. The van der Waals surface area contributed by atoms with Crippen LogP contribution in [0, 0.1) is 0 Å². The van der Waals surface area contributed by atoms with Gasteiger partial charge < -0.3 is 47.2 Å². The second-order valence-electron chi connectivity index (χ2n) is 6.59. The van der Waals surface area contributed by atoms with Gasteiger partial charge in [-0.1, -0.05) is 12.1 Å². The largest absolute Gasteiger partial charge is 0.508 e. The number of rotatable bonds is 5. The van der Waals surface area contributed by atoms with Crippen molar-refractivity contribution in [3.63, 3.8) is 0 Å². The summed E-state index contributed by atoms with van der Waals surface area (Å²) in [6.07, 6.45) is -2.99. The predicted octanol–water partition coefficient (Wildman–Crippen LogP) is -3.04. The Labute approximate surface area is 176 Å². The zero-order valence-electron chi connectivity index (χ0n) is 16.3. The van der Waals surface area contributed by atoms with Crippen LogP contribution >= 0.6 is 0 Å². The first-order valence-electron chi connectivity index (χ1n) is 8.87. The van der Waals surface area contributed by atoms with Crippen molar-refractivity contribution in [1.29, 1.82) is 0 Å². The van der Waals surface area contributed by atoms with Gasteiger partial charge in [0.25, 0.3) is 0 Å². The number of nitrogens with two attached hydrogens (primary N) is 2. The average Bonchev–Trinajstić information content (AvgIpc) is 2.98. The van der Waals surface area contributed by atoms with Crippen molar-refractivity contribution < 1.29 is 40.5 Å². The number of carboxylic acid groups (broad SMARTS) is 1. The van der Waals surface area contributed by atoms with E-state index in [0.29, 0.717) is 0 Å². The molecule has 0 aliphatic carbocycles. The van der Waals surface area contributed by atoms with Gasteiger partial charge in [0, 0.05) is 6.20 Å². The van der Waals surface area contributed by atoms with Crippen molar-refractivity contribution in [2.24, 2.45) is 5.73 Å². The van der Waals surface area contributed by atoms with Crippen LogP contribution in [0.15, 0.2) is 41.3 Å². The van der Waals surface area contributed by atoms with Crippen LogP contribution in [0.25, 0.3) is 0 Å². The van der Waals surface area contributed by atoms with Crippen LogP contribution in [0.4, 0.5) is 5.82 Å². The van der Waals surface area contributed by atoms with E-state index in [1.165, 1.54) is 24.4 Å². The number of carbonyl (C=O) groups is 1. The molecule has 172 valence electrons. The number of carboxylic acids is 1. The molecule has 31 heavy (non-hydrogen) atoms. The molecule has 13 nitrogen and oxygen atoms in total. The Morgan fingerprint density at radius 2 is 1.81 bits per heavy atom. The lowest BCUT2D eigenvalue weighted by atomic mass is 10.1. The highest BCUT2D eigenvalue weighted by Crippen LogP contribution is 2.27. The third-order valence-electron chi connectivity index (χ3n) is 4.35. The summed E-state index contributed by atoms with van der Waals surface area (Å²) < 4.78 is 6.19. The highest BCUT2D eigenvalue weighted by molar-refractivity contribution is 5.73. The third kappa shape index (κ3) is 6.71. The van der Waals surface area contributed by atoms with Crippen LogP contribution < -0.4 is 17.2 Å². The van der Waals surface area contributed by atoms with E-state index >= 15 is 0 Å². The number of hydrogen-bond donors (Lipinski definition) is 7. The van der Waals surface area contributed by atoms with Crippen LogP contribution in [-0.4, -0.2) is 77.5 Å². The smallest absolute Gasteiger partial charge is 0.351 e. The van der Waals surface area contributed by atoms with E-state index in [9.17, 15) is 19.8 Å². The van der Waals surface area contributed by atoms with E-state index in [1.54, 1.807) is 12.1 Å². The number of aliphatic hydroxyl groups is 3. The Hall–Kier alpha value is -3.07. The minimum absolute atomic E-state index is 0. The fourth-order valence-electron chi connectivity index (χ4n) is 2.70. The number of hydrogen-bond acceptors (Lipinski definition) is 10. The lowest BCUT2D eigenvalue weighted by Gasteiger charge is -2.16. The van der Waals surface area contributed by atoms with Crippen LogP contribution in [-0.2, 0) is 16.0 Å². The van der Waals surface area contributed by atoms with Crippen molar-refractivity contribution in [2.45, 2.75) is 37.0 Å². The summed E-state index contributed by atoms with van der Waals surface area (Å²) in [5.74, 6) is -0.807. The van der Waals surface area contributed by atoms with Gasteiger partial charge in [-0.2, -0.15) is 4.98 Å². The Bertz CT molecular complexity index is 906. The molecule has 0 amide bonds. The molecule has 5 atom stereocenters. The topological polar surface area (TPSA) is 246 Å². The number of phenolic OH excluding ortho intramolecular Hbond substituents is 1. The maximum absolute atomic E-state index is 11.5. The van der Waals surface area contributed by atoms with Crippen LogP contribution in [0.2, 0.25) is 0 Å². The summed E-state index contributed by atoms with van der Waals surface area (Å²) in [5, 5.41) is 45.6. The Morgan fingerprint density at radius 1 is 1.19 bits per heavy atom. The van der Waals surface area contributed by atoms with Crippen LogP contribution in [0.3, 0.4) is 0 Å². The number of phenols is 1. The molecule has 1 saturated heterocycles. The summed E-state index contributed by atoms with van der Waals surface area (Å²) >= 11 is 0. The molecule has 2 aromatic rings. The molecular weight excluding hydrogens is 416 g/mol. The molecule has 1 aromatic carbocycles.